The number of amides is 1. The Balaban J connectivity index is 1.79. The van der Waals surface area contributed by atoms with Crippen molar-refractivity contribution < 1.29 is 14.3 Å². The summed E-state index contributed by atoms with van der Waals surface area (Å²) in [6, 6.07) is 5.88. The first-order chi connectivity index (χ1) is 11.5. The molecule has 0 aromatic heterocycles. The van der Waals surface area contributed by atoms with E-state index in [9.17, 15) is 9.59 Å². The zero-order valence-electron chi connectivity index (χ0n) is 14.0. The van der Waals surface area contributed by atoms with Gasteiger partial charge in [0.1, 0.15) is 0 Å². The third-order valence-corrected chi connectivity index (χ3v) is 5.52. The van der Waals surface area contributed by atoms with Crippen LogP contribution in [0, 0.1) is 24.7 Å². The SMILES string of the molecule is COC(=O)C1CC=CC2CCN(Cc3ccc(C)c(Cl)c3)C(=O)C21. The molecule has 0 radical (unpaired) electrons. The van der Waals surface area contributed by atoms with Gasteiger partial charge in [-0.1, -0.05) is 35.9 Å². The number of fused-ring (bicyclic) bond motifs is 1. The fourth-order valence-electron chi connectivity index (χ4n) is 3.73. The molecule has 24 heavy (non-hydrogen) atoms. The molecule has 128 valence electrons. The van der Waals surface area contributed by atoms with Crippen molar-refractivity contribution in [1.29, 1.82) is 0 Å². The lowest BCUT2D eigenvalue weighted by molar-refractivity contribution is -0.157. The van der Waals surface area contributed by atoms with Crippen molar-refractivity contribution in [3.8, 4) is 0 Å². The molecule has 3 atom stereocenters. The zero-order chi connectivity index (χ0) is 17.3. The van der Waals surface area contributed by atoms with E-state index in [1.807, 2.05) is 36.1 Å². The fourth-order valence-corrected chi connectivity index (χ4v) is 3.93. The summed E-state index contributed by atoms with van der Waals surface area (Å²) in [5.41, 5.74) is 2.03. The number of carbonyl (C=O) groups excluding carboxylic acids is 2. The summed E-state index contributed by atoms with van der Waals surface area (Å²) in [5, 5.41) is 0.711. The number of nitrogens with zero attached hydrogens (tertiary/aromatic N) is 1. The standard InChI is InChI=1S/C19H22ClNO3/c1-12-6-7-13(10-16(12)20)11-21-9-8-14-4-3-5-15(19(23)24-2)17(14)18(21)22/h3-4,6-7,10,14-15,17H,5,8-9,11H2,1-2H3. The number of piperidine rings is 1. The molecule has 1 heterocycles. The minimum atomic E-state index is -0.373. The number of aryl methyl sites for hydroxylation is 1. The third kappa shape index (κ3) is 3.20. The van der Waals surface area contributed by atoms with Crippen LogP contribution in [-0.2, 0) is 20.9 Å². The van der Waals surface area contributed by atoms with Crippen molar-refractivity contribution in [2.24, 2.45) is 17.8 Å². The number of allylic oxidation sites excluding steroid dienone is 2. The van der Waals surface area contributed by atoms with Gasteiger partial charge in [-0.3, -0.25) is 9.59 Å². The number of hydrogen-bond acceptors (Lipinski definition) is 3. The topological polar surface area (TPSA) is 46.6 Å². The van der Waals surface area contributed by atoms with E-state index in [1.54, 1.807) is 0 Å². The number of esters is 1. The van der Waals surface area contributed by atoms with Crippen molar-refractivity contribution in [1.82, 2.24) is 4.90 Å². The highest BCUT2D eigenvalue weighted by Crippen LogP contribution is 2.38. The lowest BCUT2D eigenvalue weighted by Gasteiger charge is -2.41. The molecule has 1 aromatic rings. The summed E-state index contributed by atoms with van der Waals surface area (Å²) in [5.74, 6) is -0.794. The van der Waals surface area contributed by atoms with Gasteiger partial charge in [-0.15, -0.1) is 0 Å². The first kappa shape index (κ1) is 17.0. The lowest BCUT2D eigenvalue weighted by Crippen LogP contribution is -2.50. The van der Waals surface area contributed by atoms with Gasteiger partial charge in [0.25, 0.3) is 0 Å². The van der Waals surface area contributed by atoms with Crippen LogP contribution in [0.5, 0.6) is 0 Å². The number of rotatable bonds is 3. The van der Waals surface area contributed by atoms with Crippen molar-refractivity contribution in [3.63, 3.8) is 0 Å². The number of ether oxygens (including phenoxy) is 1. The second-order valence-corrected chi connectivity index (χ2v) is 7.02. The van der Waals surface area contributed by atoms with Crippen LogP contribution in [0.25, 0.3) is 0 Å². The average molecular weight is 348 g/mol. The van der Waals surface area contributed by atoms with E-state index in [0.29, 0.717) is 24.5 Å². The molecule has 1 aliphatic heterocycles. The first-order valence-corrected chi connectivity index (χ1v) is 8.67. The Morgan fingerprint density at radius 2 is 2.21 bits per heavy atom. The quantitative estimate of drug-likeness (QED) is 0.622. The Hall–Kier alpha value is -1.81. The van der Waals surface area contributed by atoms with Crippen LogP contribution in [0.2, 0.25) is 5.02 Å². The van der Waals surface area contributed by atoms with Gasteiger partial charge < -0.3 is 9.64 Å². The minimum absolute atomic E-state index is 0.0442. The maximum absolute atomic E-state index is 13.0. The van der Waals surface area contributed by atoms with Crippen LogP contribution in [-0.4, -0.2) is 30.4 Å². The van der Waals surface area contributed by atoms with Crippen LogP contribution in [0.4, 0.5) is 0 Å². The van der Waals surface area contributed by atoms with E-state index in [1.165, 1.54) is 7.11 Å². The van der Waals surface area contributed by atoms with Crippen molar-refractivity contribution in [2.75, 3.05) is 13.7 Å². The fraction of sp³-hybridized carbons (Fsp3) is 0.474. The molecule has 0 bridgehead atoms. The van der Waals surface area contributed by atoms with Crippen molar-refractivity contribution >= 4 is 23.5 Å². The molecule has 0 N–H and O–H groups in total. The van der Waals surface area contributed by atoms with Crippen LogP contribution >= 0.6 is 11.6 Å². The maximum atomic E-state index is 13.0. The molecule has 1 fully saturated rings. The summed E-state index contributed by atoms with van der Waals surface area (Å²) < 4.78 is 4.91. The summed E-state index contributed by atoms with van der Waals surface area (Å²) in [6.45, 7) is 3.18. The van der Waals surface area contributed by atoms with E-state index >= 15 is 0 Å². The molecule has 1 aromatic carbocycles. The smallest absolute Gasteiger partial charge is 0.309 e. The highest BCUT2D eigenvalue weighted by atomic mass is 35.5. The van der Waals surface area contributed by atoms with E-state index in [2.05, 4.69) is 6.08 Å². The monoisotopic (exact) mass is 347 g/mol. The number of methoxy groups -OCH3 is 1. The molecule has 3 rings (SSSR count). The number of hydrogen-bond donors (Lipinski definition) is 0. The Morgan fingerprint density at radius 1 is 1.42 bits per heavy atom. The molecular weight excluding hydrogens is 326 g/mol. The van der Waals surface area contributed by atoms with Gasteiger partial charge in [0.05, 0.1) is 18.9 Å². The first-order valence-electron chi connectivity index (χ1n) is 8.29. The van der Waals surface area contributed by atoms with Crippen LogP contribution in [0.1, 0.15) is 24.0 Å². The molecule has 0 spiro atoms. The zero-order valence-corrected chi connectivity index (χ0v) is 14.8. The lowest BCUT2D eigenvalue weighted by atomic mass is 9.71. The molecule has 0 saturated carbocycles. The van der Waals surface area contributed by atoms with Crippen LogP contribution < -0.4 is 0 Å². The summed E-state index contributed by atoms with van der Waals surface area (Å²) in [4.78, 5) is 26.9. The molecule has 1 aliphatic carbocycles. The second-order valence-electron chi connectivity index (χ2n) is 6.62. The highest BCUT2D eigenvalue weighted by molar-refractivity contribution is 6.31. The molecule has 1 amide bonds. The third-order valence-electron chi connectivity index (χ3n) is 5.11. The number of likely N-dealkylation sites (tertiary alicyclic amines) is 1. The van der Waals surface area contributed by atoms with Gasteiger partial charge >= 0.3 is 5.97 Å². The highest BCUT2D eigenvalue weighted by Gasteiger charge is 2.44. The summed E-state index contributed by atoms with van der Waals surface area (Å²) >= 11 is 6.19. The van der Waals surface area contributed by atoms with E-state index < -0.39 is 0 Å². The van der Waals surface area contributed by atoms with Gasteiger partial charge in [-0.2, -0.15) is 0 Å². The van der Waals surface area contributed by atoms with Crippen molar-refractivity contribution in [3.05, 3.63) is 46.5 Å². The predicted octanol–water partition coefficient (Wildman–Crippen LogP) is 3.36. The van der Waals surface area contributed by atoms with Crippen LogP contribution in [0.3, 0.4) is 0 Å². The molecule has 1 saturated heterocycles. The van der Waals surface area contributed by atoms with E-state index in [-0.39, 0.29) is 29.6 Å². The second kappa shape index (κ2) is 6.98. The Morgan fingerprint density at radius 3 is 2.92 bits per heavy atom. The average Bonchev–Trinajstić information content (AvgIpc) is 2.59. The number of carbonyl (C=O) groups is 2. The van der Waals surface area contributed by atoms with Gasteiger partial charge in [0.15, 0.2) is 0 Å². The van der Waals surface area contributed by atoms with Gasteiger partial charge in [-0.05, 0) is 42.9 Å². The number of benzene rings is 1. The molecular formula is C19H22ClNO3. The molecule has 4 nitrogen and oxygen atoms in total. The van der Waals surface area contributed by atoms with E-state index in [0.717, 1.165) is 17.5 Å². The predicted molar refractivity (Wildman–Crippen MR) is 92.5 cm³/mol. The van der Waals surface area contributed by atoms with Crippen LogP contribution in [0.15, 0.2) is 30.4 Å². The normalized spacial score (nSPS) is 26.2. The number of halogens is 1. The van der Waals surface area contributed by atoms with Gasteiger partial charge in [0, 0.05) is 18.1 Å². The summed E-state index contributed by atoms with van der Waals surface area (Å²) in [7, 11) is 1.38. The molecule has 5 heteroatoms. The van der Waals surface area contributed by atoms with Gasteiger partial charge in [0.2, 0.25) is 5.91 Å². The maximum Gasteiger partial charge on any atom is 0.309 e. The Kier molecular flexibility index (Phi) is 4.95. The Bertz CT molecular complexity index is 685. The summed E-state index contributed by atoms with van der Waals surface area (Å²) in [6.07, 6.45) is 5.54. The Labute approximate surface area is 147 Å². The van der Waals surface area contributed by atoms with Crippen molar-refractivity contribution in [2.45, 2.75) is 26.3 Å². The van der Waals surface area contributed by atoms with E-state index in [4.69, 9.17) is 16.3 Å². The minimum Gasteiger partial charge on any atom is -0.469 e. The molecule has 3 unspecified atom stereocenters. The molecule has 2 aliphatic rings. The van der Waals surface area contributed by atoms with Gasteiger partial charge in [-0.25, -0.2) is 0 Å². The largest absolute Gasteiger partial charge is 0.469 e.